The number of carbonyl (C=O) groups excluding carboxylic acids is 1. The Bertz CT molecular complexity index is 872. The van der Waals surface area contributed by atoms with Crippen molar-refractivity contribution < 1.29 is 13.7 Å². The zero-order chi connectivity index (χ0) is 17.1. The summed E-state index contributed by atoms with van der Waals surface area (Å²) >= 11 is 0. The van der Waals surface area contributed by atoms with Crippen molar-refractivity contribution >= 4 is 5.91 Å². The number of benzene rings is 1. The number of nitrogens with one attached hydrogen (secondary N) is 1. The first-order valence-corrected chi connectivity index (χ1v) is 7.32. The molecule has 24 heavy (non-hydrogen) atoms. The van der Waals surface area contributed by atoms with E-state index in [0.717, 1.165) is 11.1 Å². The van der Waals surface area contributed by atoms with Crippen molar-refractivity contribution in [2.24, 2.45) is 0 Å². The van der Waals surface area contributed by atoms with Gasteiger partial charge in [0.1, 0.15) is 5.82 Å². The molecule has 2 heterocycles. The van der Waals surface area contributed by atoms with Crippen molar-refractivity contribution in [2.45, 2.75) is 20.4 Å². The maximum absolute atomic E-state index is 13.2. The number of carbonyl (C=O) groups is 1. The van der Waals surface area contributed by atoms with Gasteiger partial charge in [-0.05, 0) is 43.2 Å². The number of aromatic nitrogens is 3. The van der Waals surface area contributed by atoms with Crippen LogP contribution in [0.25, 0.3) is 11.5 Å². The van der Waals surface area contributed by atoms with E-state index in [1.165, 1.54) is 12.1 Å². The molecule has 0 unspecified atom stereocenters. The fourth-order valence-electron chi connectivity index (χ4n) is 2.37. The summed E-state index contributed by atoms with van der Waals surface area (Å²) in [4.78, 5) is 20.5. The highest BCUT2D eigenvalue weighted by atomic mass is 19.1. The lowest BCUT2D eigenvalue weighted by atomic mass is 10.1. The van der Waals surface area contributed by atoms with E-state index in [2.05, 4.69) is 20.4 Å². The van der Waals surface area contributed by atoms with E-state index in [4.69, 9.17) is 4.52 Å². The molecule has 6 nitrogen and oxygen atoms in total. The number of nitrogens with zero attached hydrogens (tertiary/aromatic N) is 3. The molecule has 0 aliphatic rings. The van der Waals surface area contributed by atoms with Gasteiger partial charge in [0, 0.05) is 23.5 Å². The minimum Gasteiger partial charge on any atom is -0.345 e. The van der Waals surface area contributed by atoms with Crippen molar-refractivity contribution in [2.75, 3.05) is 0 Å². The molecule has 1 N–H and O–H groups in total. The molecular formula is C17H15FN4O2. The van der Waals surface area contributed by atoms with Crippen LogP contribution in [-0.4, -0.2) is 21.0 Å². The lowest BCUT2D eigenvalue weighted by Gasteiger charge is -2.08. The van der Waals surface area contributed by atoms with Gasteiger partial charge in [0.2, 0.25) is 0 Å². The molecule has 0 bridgehead atoms. The Kier molecular flexibility index (Phi) is 4.33. The second-order valence-electron chi connectivity index (χ2n) is 5.36. The predicted molar refractivity (Wildman–Crippen MR) is 84.6 cm³/mol. The maximum atomic E-state index is 13.2. The van der Waals surface area contributed by atoms with E-state index >= 15 is 0 Å². The van der Waals surface area contributed by atoms with Crippen LogP contribution in [0.3, 0.4) is 0 Å². The zero-order valence-corrected chi connectivity index (χ0v) is 13.2. The molecule has 7 heteroatoms. The first-order chi connectivity index (χ1) is 11.5. The predicted octanol–water partition coefficient (Wildman–Crippen LogP) is 2.82. The fraction of sp³-hybridized carbons (Fsp3) is 0.176. The van der Waals surface area contributed by atoms with Gasteiger partial charge in [-0.3, -0.25) is 9.78 Å². The molecule has 0 radical (unpaired) electrons. The Balaban J connectivity index is 1.71. The van der Waals surface area contributed by atoms with Crippen LogP contribution in [-0.2, 0) is 6.54 Å². The van der Waals surface area contributed by atoms with E-state index in [1.807, 2.05) is 13.8 Å². The minimum absolute atomic E-state index is 0.110. The number of pyridine rings is 1. The van der Waals surface area contributed by atoms with Crippen LogP contribution in [0.4, 0.5) is 4.39 Å². The van der Waals surface area contributed by atoms with Crippen LogP contribution in [0.15, 0.2) is 41.2 Å². The normalized spacial score (nSPS) is 10.6. The number of halogens is 1. The highest BCUT2D eigenvalue weighted by Gasteiger charge is 2.14. The van der Waals surface area contributed by atoms with Gasteiger partial charge < -0.3 is 9.84 Å². The molecule has 3 aromatic rings. The second-order valence-corrected chi connectivity index (χ2v) is 5.36. The molecule has 1 aromatic carbocycles. The summed E-state index contributed by atoms with van der Waals surface area (Å²) in [5.41, 5.74) is 2.65. The number of hydrogen-bond donors (Lipinski definition) is 1. The molecule has 1 amide bonds. The van der Waals surface area contributed by atoms with Crippen LogP contribution in [0.2, 0.25) is 0 Å². The first kappa shape index (κ1) is 15.8. The Morgan fingerprint density at radius 1 is 1.25 bits per heavy atom. The average molecular weight is 326 g/mol. The monoisotopic (exact) mass is 326 g/mol. The number of hydrogen-bond acceptors (Lipinski definition) is 5. The molecule has 3 rings (SSSR count). The van der Waals surface area contributed by atoms with E-state index in [-0.39, 0.29) is 24.2 Å². The topological polar surface area (TPSA) is 80.9 Å². The summed E-state index contributed by atoms with van der Waals surface area (Å²) in [7, 11) is 0. The third-order valence-corrected chi connectivity index (χ3v) is 3.50. The molecule has 0 saturated carbocycles. The van der Waals surface area contributed by atoms with Crippen molar-refractivity contribution in [3.63, 3.8) is 0 Å². The summed E-state index contributed by atoms with van der Waals surface area (Å²) in [5, 5.41) is 6.54. The Morgan fingerprint density at radius 3 is 2.71 bits per heavy atom. The fourth-order valence-corrected chi connectivity index (χ4v) is 2.37. The number of amides is 1. The average Bonchev–Trinajstić information content (AvgIpc) is 3.02. The standard InChI is InChI=1S/C17H15FN4O2/c1-10-7-19-8-11(2)15(10)16(23)20-9-14-21-17(24-22-14)12-4-3-5-13(18)6-12/h3-8H,9H2,1-2H3,(H,20,23). The minimum atomic E-state index is -0.385. The third kappa shape index (κ3) is 3.29. The van der Waals surface area contributed by atoms with Crippen molar-refractivity contribution in [1.82, 2.24) is 20.4 Å². The Morgan fingerprint density at radius 2 is 2.00 bits per heavy atom. The van der Waals surface area contributed by atoms with Crippen molar-refractivity contribution in [3.8, 4) is 11.5 Å². The van der Waals surface area contributed by atoms with E-state index in [1.54, 1.807) is 24.5 Å². The summed E-state index contributed by atoms with van der Waals surface area (Å²) < 4.78 is 18.3. The molecule has 0 spiro atoms. The highest BCUT2D eigenvalue weighted by molar-refractivity contribution is 5.96. The molecule has 122 valence electrons. The molecule has 0 aliphatic heterocycles. The molecule has 0 aliphatic carbocycles. The molecular weight excluding hydrogens is 311 g/mol. The lowest BCUT2D eigenvalue weighted by Crippen LogP contribution is -2.25. The van der Waals surface area contributed by atoms with Gasteiger partial charge in [0.05, 0.1) is 6.54 Å². The van der Waals surface area contributed by atoms with Gasteiger partial charge in [-0.25, -0.2) is 4.39 Å². The number of aryl methyl sites for hydroxylation is 2. The van der Waals surface area contributed by atoms with Gasteiger partial charge in [0.25, 0.3) is 11.8 Å². The van der Waals surface area contributed by atoms with E-state index in [0.29, 0.717) is 17.0 Å². The van der Waals surface area contributed by atoms with Crippen molar-refractivity contribution in [3.05, 3.63) is 65.0 Å². The van der Waals surface area contributed by atoms with Crippen LogP contribution in [0.1, 0.15) is 27.3 Å². The van der Waals surface area contributed by atoms with Crippen LogP contribution < -0.4 is 5.32 Å². The second kappa shape index (κ2) is 6.57. The van der Waals surface area contributed by atoms with Gasteiger partial charge >= 0.3 is 0 Å². The quantitative estimate of drug-likeness (QED) is 0.797. The van der Waals surface area contributed by atoms with Crippen LogP contribution >= 0.6 is 0 Å². The van der Waals surface area contributed by atoms with Crippen LogP contribution in [0.5, 0.6) is 0 Å². The smallest absolute Gasteiger partial charge is 0.258 e. The summed E-state index contributed by atoms with van der Waals surface area (Å²) in [5.74, 6) is -0.101. The maximum Gasteiger partial charge on any atom is 0.258 e. The molecule has 2 aromatic heterocycles. The van der Waals surface area contributed by atoms with Gasteiger partial charge in [-0.2, -0.15) is 4.98 Å². The first-order valence-electron chi connectivity index (χ1n) is 7.32. The van der Waals surface area contributed by atoms with Gasteiger partial charge in [-0.15, -0.1) is 0 Å². The molecule has 0 atom stereocenters. The SMILES string of the molecule is Cc1cncc(C)c1C(=O)NCc1noc(-c2cccc(F)c2)n1. The molecule has 0 fully saturated rings. The third-order valence-electron chi connectivity index (χ3n) is 3.50. The van der Waals surface area contributed by atoms with E-state index in [9.17, 15) is 9.18 Å². The largest absolute Gasteiger partial charge is 0.345 e. The van der Waals surface area contributed by atoms with Gasteiger partial charge in [-0.1, -0.05) is 11.2 Å². The lowest BCUT2D eigenvalue weighted by molar-refractivity contribution is 0.0948. The highest BCUT2D eigenvalue weighted by Crippen LogP contribution is 2.18. The summed E-state index contributed by atoms with van der Waals surface area (Å²) in [6.07, 6.45) is 3.27. The number of rotatable bonds is 4. The van der Waals surface area contributed by atoms with Crippen LogP contribution in [0, 0.1) is 19.7 Å². The summed E-state index contributed by atoms with van der Waals surface area (Å²) in [6.45, 7) is 3.76. The molecule has 0 saturated heterocycles. The zero-order valence-electron chi connectivity index (χ0n) is 13.2. The Hall–Kier alpha value is -3.09. The van der Waals surface area contributed by atoms with E-state index < -0.39 is 0 Å². The Labute approximate surface area is 137 Å². The van der Waals surface area contributed by atoms with Gasteiger partial charge in [0.15, 0.2) is 5.82 Å². The summed E-state index contributed by atoms with van der Waals surface area (Å²) in [6, 6.07) is 5.87. The van der Waals surface area contributed by atoms with Crippen molar-refractivity contribution in [1.29, 1.82) is 0 Å².